The van der Waals surface area contributed by atoms with Gasteiger partial charge in [0, 0.05) is 0 Å². The van der Waals surface area contributed by atoms with Gasteiger partial charge in [0.25, 0.3) is 0 Å². The number of nitrogens with two attached hydrogens (primary N) is 2. The lowest BCUT2D eigenvalue weighted by Gasteiger charge is -2.20. The van der Waals surface area contributed by atoms with Gasteiger partial charge in [-0.05, 0) is 12.1 Å². The SMILES string of the molecule is NC(=O)N(CCO)c1ccccc1N. The summed E-state index contributed by atoms with van der Waals surface area (Å²) in [4.78, 5) is 12.3. The standard InChI is InChI=1S/C9H13N3O2/c10-7-3-1-2-4-8(7)12(5-6-13)9(11)14/h1-4,13H,5-6,10H2,(H2,11,14). The Morgan fingerprint density at radius 3 is 2.57 bits per heavy atom. The van der Waals surface area contributed by atoms with Crippen molar-refractivity contribution in [2.24, 2.45) is 5.73 Å². The van der Waals surface area contributed by atoms with E-state index < -0.39 is 6.03 Å². The Morgan fingerprint density at radius 1 is 1.43 bits per heavy atom. The first kappa shape index (κ1) is 10.3. The lowest BCUT2D eigenvalue weighted by molar-refractivity contribution is 0.249. The molecule has 0 saturated heterocycles. The topological polar surface area (TPSA) is 92.6 Å². The Bertz CT molecular complexity index is 328. The van der Waals surface area contributed by atoms with Crippen LogP contribution < -0.4 is 16.4 Å². The Hall–Kier alpha value is -1.75. The zero-order valence-corrected chi connectivity index (χ0v) is 7.68. The number of aliphatic hydroxyl groups is 1. The molecule has 1 aromatic rings. The summed E-state index contributed by atoms with van der Waals surface area (Å²) in [6, 6.07) is 6.23. The average molecular weight is 195 g/mol. The molecular weight excluding hydrogens is 182 g/mol. The number of primary amides is 1. The molecule has 0 aliphatic rings. The molecule has 0 unspecified atom stereocenters. The Morgan fingerprint density at radius 2 is 2.07 bits per heavy atom. The Kier molecular flexibility index (Phi) is 3.30. The van der Waals surface area contributed by atoms with E-state index in [1.165, 1.54) is 4.90 Å². The number of nitrogen functional groups attached to an aromatic ring is 1. The molecule has 0 spiro atoms. The molecule has 0 aliphatic heterocycles. The van der Waals surface area contributed by atoms with Gasteiger partial charge in [-0.2, -0.15) is 0 Å². The van der Waals surface area contributed by atoms with E-state index in [-0.39, 0.29) is 13.2 Å². The average Bonchev–Trinajstić information content (AvgIpc) is 2.15. The predicted octanol–water partition coefficient (Wildman–Crippen LogP) is 0.146. The molecule has 0 saturated carbocycles. The molecule has 0 aliphatic carbocycles. The maximum atomic E-state index is 11.0. The van der Waals surface area contributed by atoms with Gasteiger partial charge in [0.1, 0.15) is 0 Å². The van der Waals surface area contributed by atoms with Crippen LogP contribution in [0.1, 0.15) is 0 Å². The van der Waals surface area contributed by atoms with E-state index in [1.807, 2.05) is 0 Å². The third-order valence-corrected chi connectivity index (χ3v) is 1.82. The van der Waals surface area contributed by atoms with Crippen LogP contribution >= 0.6 is 0 Å². The third kappa shape index (κ3) is 2.14. The molecule has 5 nitrogen and oxygen atoms in total. The van der Waals surface area contributed by atoms with E-state index in [4.69, 9.17) is 16.6 Å². The van der Waals surface area contributed by atoms with Crippen LogP contribution in [0.3, 0.4) is 0 Å². The van der Waals surface area contributed by atoms with Crippen molar-refractivity contribution in [1.29, 1.82) is 0 Å². The number of aliphatic hydroxyl groups excluding tert-OH is 1. The van der Waals surface area contributed by atoms with E-state index in [0.717, 1.165) is 0 Å². The quantitative estimate of drug-likeness (QED) is 0.599. The first-order valence-electron chi connectivity index (χ1n) is 4.19. The molecule has 0 radical (unpaired) electrons. The van der Waals surface area contributed by atoms with Crippen molar-refractivity contribution in [2.45, 2.75) is 0 Å². The Balaban J connectivity index is 2.99. The van der Waals surface area contributed by atoms with Crippen molar-refractivity contribution in [3.8, 4) is 0 Å². The summed E-state index contributed by atoms with van der Waals surface area (Å²) in [6.07, 6.45) is 0. The monoisotopic (exact) mass is 195 g/mol. The number of amides is 2. The van der Waals surface area contributed by atoms with Crippen LogP contribution in [-0.2, 0) is 0 Å². The van der Waals surface area contributed by atoms with Gasteiger partial charge in [-0.15, -0.1) is 0 Å². The van der Waals surface area contributed by atoms with Crippen molar-refractivity contribution in [3.05, 3.63) is 24.3 Å². The van der Waals surface area contributed by atoms with E-state index in [2.05, 4.69) is 0 Å². The van der Waals surface area contributed by atoms with Gasteiger partial charge in [-0.3, -0.25) is 4.90 Å². The summed E-state index contributed by atoms with van der Waals surface area (Å²) in [5.74, 6) is 0. The van der Waals surface area contributed by atoms with Crippen molar-refractivity contribution in [3.63, 3.8) is 0 Å². The number of hydrogen-bond donors (Lipinski definition) is 3. The first-order valence-corrected chi connectivity index (χ1v) is 4.19. The molecule has 5 heteroatoms. The number of anilines is 2. The summed E-state index contributed by atoms with van der Waals surface area (Å²) in [6.45, 7) is -0.0131. The number of nitrogens with zero attached hydrogens (tertiary/aromatic N) is 1. The lowest BCUT2D eigenvalue weighted by atomic mass is 10.2. The highest BCUT2D eigenvalue weighted by molar-refractivity contribution is 5.93. The fraction of sp³-hybridized carbons (Fsp3) is 0.222. The zero-order chi connectivity index (χ0) is 10.6. The van der Waals surface area contributed by atoms with Crippen LogP contribution in [0.2, 0.25) is 0 Å². The minimum atomic E-state index is -0.628. The van der Waals surface area contributed by atoms with E-state index in [1.54, 1.807) is 24.3 Å². The van der Waals surface area contributed by atoms with Crippen molar-refractivity contribution >= 4 is 17.4 Å². The van der Waals surface area contributed by atoms with Gasteiger partial charge >= 0.3 is 6.03 Å². The van der Waals surface area contributed by atoms with Crippen molar-refractivity contribution in [2.75, 3.05) is 23.8 Å². The molecule has 14 heavy (non-hydrogen) atoms. The van der Waals surface area contributed by atoms with Crippen LogP contribution in [-0.4, -0.2) is 24.3 Å². The molecule has 1 rings (SSSR count). The number of benzene rings is 1. The van der Waals surface area contributed by atoms with E-state index in [9.17, 15) is 4.79 Å². The summed E-state index contributed by atoms with van der Waals surface area (Å²) in [5.41, 5.74) is 11.8. The van der Waals surface area contributed by atoms with Gasteiger partial charge in [0.15, 0.2) is 0 Å². The summed E-state index contributed by atoms with van der Waals surface area (Å²) in [5, 5.41) is 8.75. The van der Waals surface area contributed by atoms with Crippen molar-refractivity contribution < 1.29 is 9.90 Å². The maximum Gasteiger partial charge on any atom is 0.319 e. The summed E-state index contributed by atoms with van der Waals surface area (Å²) < 4.78 is 0. The number of carbonyl (C=O) groups excluding carboxylic acids is 1. The first-order chi connectivity index (χ1) is 6.66. The van der Waals surface area contributed by atoms with Crippen LogP contribution in [0.15, 0.2) is 24.3 Å². The van der Waals surface area contributed by atoms with Crippen LogP contribution in [0.25, 0.3) is 0 Å². The van der Waals surface area contributed by atoms with Gasteiger partial charge < -0.3 is 16.6 Å². The van der Waals surface area contributed by atoms with Crippen molar-refractivity contribution in [1.82, 2.24) is 0 Å². The molecule has 0 aromatic heterocycles. The highest BCUT2D eigenvalue weighted by Gasteiger charge is 2.13. The number of para-hydroxylation sites is 2. The number of urea groups is 1. The second kappa shape index (κ2) is 4.48. The maximum absolute atomic E-state index is 11.0. The van der Waals surface area contributed by atoms with Gasteiger partial charge in [0.05, 0.1) is 24.5 Å². The predicted molar refractivity (Wildman–Crippen MR) is 54.9 cm³/mol. The van der Waals surface area contributed by atoms with E-state index in [0.29, 0.717) is 11.4 Å². The summed E-state index contributed by atoms with van der Waals surface area (Å²) >= 11 is 0. The zero-order valence-electron chi connectivity index (χ0n) is 7.68. The second-order valence-corrected chi connectivity index (χ2v) is 2.77. The highest BCUT2D eigenvalue weighted by atomic mass is 16.3. The number of hydrogen-bond acceptors (Lipinski definition) is 3. The van der Waals surface area contributed by atoms with Gasteiger partial charge in [-0.1, -0.05) is 12.1 Å². The highest BCUT2D eigenvalue weighted by Crippen LogP contribution is 2.21. The third-order valence-electron chi connectivity index (χ3n) is 1.82. The molecule has 0 heterocycles. The fourth-order valence-corrected chi connectivity index (χ4v) is 1.18. The molecular formula is C9H13N3O2. The van der Waals surface area contributed by atoms with Crippen LogP contribution in [0, 0.1) is 0 Å². The summed E-state index contributed by atoms with van der Waals surface area (Å²) in [7, 11) is 0. The molecule has 76 valence electrons. The molecule has 2 amide bonds. The van der Waals surface area contributed by atoms with E-state index >= 15 is 0 Å². The Labute approximate surface area is 81.9 Å². The largest absolute Gasteiger partial charge is 0.397 e. The van der Waals surface area contributed by atoms with Crippen LogP contribution in [0.4, 0.5) is 16.2 Å². The van der Waals surface area contributed by atoms with Gasteiger partial charge in [0.2, 0.25) is 0 Å². The second-order valence-electron chi connectivity index (χ2n) is 2.77. The molecule has 0 atom stereocenters. The fourth-order valence-electron chi connectivity index (χ4n) is 1.18. The number of carbonyl (C=O) groups is 1. The minimum absolute atomic E-state index is 0.142. The minimum Gasteiger partial charge on any atom is -0.397 e. The molecule has 5 N–H and O–H groups in total. The molecule has 0 fully saturated rings. The normalized spacial score (nSPS) is 9.79. The smallest absolute Gasteiger partial charge is 0.319 e. The lowest BCUT2D eigenvalue weighted by Crippen LogP contribution is -2.38. The number of rotatable bonds is 3. The van der Waals surface area contributed by atoms with Gasteiger partial charge in [-0.25, -0.2) is 4.79 Å². The molecule has 1 aromatic carbocycles. The molecule has 0 bridgehead atoms. The van der Waals surface area contributed by atoms with Crippen LogP contribution in [0.5, 0.6) is 0 Å².